The smallest absolute Gasteiger partial charge is 0.406 e. The van der Waals surface area contributed by atoms with E-state index in [0.717, 1.165) is 21.3 Å². The monoisotopic (exact) mass is 406 g/mol. The number of ether oxygens (including phenoxy) is 1. The van der Waals surface area contributed by atoms with Crippen LogP contribution in [0.2, 0.25) is 0 Å². The molecule has 6 heteroatoms. The SMILES string of the molecule is Cc1cccc(C(=O)c2cccc(OC(F)(F)F)c2)c1I. The Labute approximate surface area is 133 Å². The first-order valence-electron chi connectivity index (χ1n) is 5.93. The fourth-order valence-electron chi connectivity index (χ4n) is 1.81. The predicted octanol–water partition coefficient (Wildman–Crippen LogP) is 4.73. The molecule has 0 N–H and O–H groups in total. The van der Waals surface area contributed by atoms with Gasteiger partial charge in [-0.2, -0.15) is 0 Å². The molecule has 0 saturated carbocycles. The van der Waals surface area contributed by atoms with Crippen molar-refractivity contribution in [3.63, 3.8) is 0 Å². The van der Waals surface area contributed by atoms with Crippen LogP contribution >= 0.6 is 22.6 Å². The second-order valence-corrected chi connectivity index (χ2v) is 5.42. The molecule has 0 bridgehead atoms. The zero-order valence-corrected chi connectivity index (χ0v) is 13.0. The van der Waals surface area contributed by atoms with Crippen molar-refractivity contribution >= 4 is 28.4 Å². The fourth-order valence-corrected chi connectivity index (χ4v) is 2.42. The number of benzene rings is 2. The molecule has 110 valence electrons. The molecule has 0 heterocycles. The Morgan fingerprint density at radius 2 is 1.81 bits per heavy atom. The molecular formula is C15H10F3IO2. The Bertz CT molecular complexity index is 681. The van der Waals surface area contributed by atoms with Gasteiger partial charge in [0.15, 0.2) is 5.78 Å². The van der Waals surface area contributed by atoms with E-state index >= 15 is 0 Å². The Morgan fingerprint density at radius 1 is 1.14 bits per heavy atom. The predicted molar refractivity (Wildman–Crippen MR) is 80.5 cm³/mol. The lowest BCUT2D eigenvalue weighted by Gasteiger charge is -2.10. The van der Waals surface area contributed by atoms with E-state index in [1.54, 1.807) is 12.1 Å². The van der Waals surface area contributed by atoms with Gasteiger partial charge in [0.25, 0.3) is 0 Å². The minimum absolute atomic E-state index is 0.153. The second kappa shape index (κ2) is 6.05. The third kappa shape index (κ3) is 3.96. The number of hydrogen-bond donors (Lipinski definition) is 0. The molecule has 0 unspecified atom stereocenters. The first kappa shape index (κ1) is 15.8. The van der Waals surface area contributed by atoms with Crippen molar-refractivity contribution < 1.29 is 22.7 Å². The van der Waals surface area contributed by atoms with Crippen LogP contribution in [0.15, 0.2) is 42.5 Å². The first-order valence-corrected chi connectivity index (χ1v) is 7.01. The van der Waals surface area contributed by atoms with E-state index in [0.29, 0.717) is 5.56 Å². The Morgan fingerprint density at radius 3 is 2.48 bits per heavy atom. The molecule has 2 aromatic carbocycles. The minimum Gasteiger partial charge on any atom is -0.406 e. The molecule has 0 aliphatic carbocycles. The number of aryl methyl sites for hydroxylation is 1. The van der Waals surface area contributed by atoms with Crippen LogP contribution in [0.4, 0.5) is 13.2 Å². The van der Waals surface area contributed by atoms with E-state index < -0.39 is 12.1 Å². The van der Waals surface area contributed by atoms with Gasteiger partial charge in [0.1, 0.15) is 5.75 Å². The summed E-state index contributed by atoms with van der Waals surface area (Å²) < 4.78 is 41.2. The normalized spacial score (nSPS) is 11.3. The van der Waals surface area contributed by atoms with Gasteiger partial charge in [-0.3, -0.25) is 4.79 Å². The van der Waals surface area contributed by atoms with Gasteiger partial charge in [-0.1, -0.05) is 24.3 Å². The molecule has 0 aliphatic rings. The number of halogens is 4. The van der Waals surface area contributed by atoms with Gasteiger partial charge in [0.2, 0.25) is 0 Å². The number of alkyl halides is 3. The van der Waals surface area contributed by atoms with Gasteiger partial charge < -0.3 is 4.74 Å². The van der Waals surface area contributed by atoms with Gasteiger partial charge in [0, 0.05) is 14.7 Å². The Kier molecular flexibility index (Phi) is 4.55. The second-order valence-electron chi connectivity index (χ2n) is 4.34. The van der Waals surface area contributed by atoms with Crippen LogP contribution in [-0.4, -0.2) is 12.1 Å². The minimum atomic E-state index is -4.78. The van der Waals surface area contributed by atoms with Crippen molar-refractivity contribution in [3.05, 3.63) is 62.7 Å². The molecular weight excluding hydrogens is 396 g/mol. The topological polar surface area (TPSA) is 26.3 Å². The highest BCUT2D eigenvalue weighted by Gasteiger charge is 2.31. The van der Waals surface area contributed by atoms with E-state index in [2.05, 4.69) is 4.74 Å². The number of carbonyl (C=O) groups is 1. The summed E-state index contributed by atoms with van der Waals surface area (Å²) in [6.45, 7) is 1.86. The van der Waals surface area contributed by atoms with Crippen LogP contribution in [0.25, 0.3) is 0 Å². The maximum atomic E-state index is 12.4. The molecule has 0 radical (unpaired) electrons. The van der Waals surface area contributed by atoms with Gasteiger partial charge in [-0.25, -0.2) is 0 Å². The van der Waals surface area contributed by atoms with Crippen LogP contribution in [0.1, 0.15) is 21.5 Å². The quantitative estimate of drug-likeness (QED) is 0.545. The lowest BCUT2D eigenvalue weighted by atomic mass is 10.0. The van der Waals surface area contributed by atoms with Crippen LogP contribution in [0.5, 0.6) is 5.75 Å². The summed E-state index contributed by atoms with van der Waals surface area (Å²) in [5.41, 5.74) is 1.55. The molecule has 2 nitrogen and oxygen atoms in total. The van der Waals surface area contributed by atoms with Gasteiger partial charge >= 0.3 is 6.36 Å². The van der Waals surface area contributed by atoms with Crippen LogP contribution < -0.4 is 4.74 Å². The lowest BCUT2D eigenvalue weighted by molar-refractivity contribution is -0.274. The Hall–Kier alpha value is -1.57. The van der Waals surface area contributed by atoms with E-state index in [1.165, 1.54) is 12.1 Å². The van der Waals surface area contributed by atoms with Crippen LogP contribution in [-0.2, 0) is 0 Å². The van der Waals surface area contributed by atoms with Crippen LogP contribution in [0.3, 0.4) is 0 Å². The Balaban J connectivity index is 2.36. The lowest BCUT2D eigenvalue weighted by Crippen LogP contribution is -2.17. The van der Waals surface area contributed by atoms with E-state index in [4.69, 9.17) is 0 Å². The number of carbonyl (C=O) groups excluding carboxylic acids is 1. The largest absolute Gasteiger partial charge is 0.573 e. The average molecular weight is 406 g/mol. The highest BCUT2D eigenvalue weighted by Crippen LogP contribution is 2.25. The zero-order chi connectivity index (χ0) is 15.6. The fraction of sp³-hybridized carbons (Fsp3) is 0.133. The van der Waals surface area contributed by atoms with Crippen LogP contribution in [0, 0.1) is 10.5 Å². The highest BCUT2D eigenvalue weighted by molar-refractivity contribution is 14.1. The molecule has 0 spiro atoms. The summed E-state index contributed by atoms with van der Waals surface area (Å²) in [5, 5.41) is 0. The molecule has 0 atom stereocenters. The molecule has 0 aliphatic heterocycles. The maximum absolute atomic E-state index is 12.4. The summed E-state index contributed by atoms with van der Waals surface area (Å²) in [6.07, 6.45) is -4.78. The molecule has 0 fully saturated rings. The van der Waals surface area contributed by atoms with Crippen molar-refractivity contribution in [2.75, 3.05) is 0 Å². The number of rotatable bonds is 3. The average Bonchev–Trinajstić information content (AvgIpc) is 2.39. The standard InChI is InChI=1S/C15H10F3IO2/c1-9-4-2-7-12(13(9)19)14(20)10-5-3-6-11(8-10)21-15(16,17)18/h2-8H,1H3. The third-order valence-corrected chi connectivity index (χ3v) is 4.20. The number of hydrogen-bond acceptors (Lipinski definition) is 2. The van der Waals surface area contributed by atoms with Crippen molar-refractivity contribution in [1.82, 2.24) is 0 Å². The summed E-state index contributed by atoms with van der Waals surface area (Å²) in [6, 6.07) is 10.3. The van der Waals surface area contributed by atoms with Crippen molar-refractivity contribution in [2.24, 2.45) is 0 Å². The molecule has 2 aromatic rings. The molecule has 0 amide bonds. The molecule has 2 rings (SSSR count). The van der Waals surface area contributed by atoms with Crippen molar-refractivity contribution in [1.29, 1.82) is 0 Å². The summed E-state index contributed by atoms with van der Waals surface area (Å²) >= 11 is 2.05. The van der Waals surface area contributed by atoms with Gasteiger partial charge in [-0.15, -0.1) is 13.2 Å². The highest BCUT2D eigenvalue weighted by atomic mass is 127. The van der Waals surface area contributed by atoms with E-state index in [-0.39, 0.29) is 11.3 Å². The summed E-state index contributed by atoms with van der Waals surface area (Å²) in [7, 11) is 0. The first-order chi connectivity index (χ1) is 9.78. The molecule has 0 saturated heterocycles. The maximum Gasteiger partial charge on any atom is 0.573 e. The van der Waals surface area contributed by atoms with Crippen molar-refractivity contribution in [2.45, 2.75) is 13.3 Å². The summed E-state index contributed by atoms with van der Waals surface area (Å²) in [5.74, 6) is -0.744. The molecule has 0 aromatic heterocycles. The molecule has 21 heavy (non-hydrogen) atoms. The third-order valence-electron chi connectivity index (χ3n) is 2.77. The van der Waals surface area contributed by atoms with E-state index in [1.807, 2.05) is 35.6 Å². The van der Waals surface area contributed by atoms with Crippen molar-refractivity contribution in [3.8, 4) is 5.75 Å². The summed E-state index contributed by atoms with van der Waals surface area (Å²) in [4.78, 5) is 12.4. The van der Waals surface area contributed by atoms with Gasteiger partial charge in [-0.05, 0) is 53.3 Å². The zero-order valence-electron chi connectivity index (χ0n) is 10.9. The number of ketones is 1. The van der Waals surface area contributed by atoms with E-state index in [9.17, 15) is 18.0 Å². The van der Waals surface area contributed by atoms with Gasteiger partial charge in [0.05, 0.1) is 0 Å².